The molecule has 6 nitrogen and oxygen atoms in total. The van der Waals surface area contributed by atoms with Crippen molar-refractivity contribution < 1.29 is 14.0 Å². The molecule has 0 aliphatic carbocycles. The number of carbonyl (C=O) groups is 2. The summed E-state index contributed by atoms with van der Waals surface area (Å²) >= 11 is 0. The van der Waals surface area contributed by atoms with Crippen molar-refractivity contribution in [3.8, 4) is 22.8 Å². The highest BCUT2D eigenvalue weighted by Crippen LogP contribution is 2.29. The van der Waals surface area contributed by atoms with E-state index in [9.17, 15) is 9.59 Å². The van der Waals surface area contributed by atoms with E-state index in [2.05, 4.69) is 15.6 Å². The number of rotatable bonds is 6. The van der Waals surface area contributed by atoms with Gasteiger partial charge in [0.05, 0.1) is 11.8 Å². The van der Waals surface area contributed by atoms with Crippen LogP contribution in [0.1, 0.15) is 33.2 Å². The first-order chi connectivity index (χ1) is 15.5. The normalized spacial score (nSPS) is 10.6. The molecule has 2 amide bonds. The Bertz CT molecular complexity index is 1260. The second-order valence-corrected chi connectivity index (χ2v) is 7.34. The van der Waals surface area contributed by atoms with Crippen molar-refractivity contribution >= 4 is 17.5 Å². The zero-order valence-corrected chi connectivity index (χ0v) is 17.9. The molecule has 0 aliphatic heterocycles. The average molecular weight is 425 g/mol. The summed E-state index contributed by atoms with van der Waals surface area (Å²) in [4.78, 5) is 29.5. The third kappa shape index (κ3) is 4.59. The quantitative estimate of drug-likeness (QED) is 0.438. The molecule has 32 heavy (non-hydrogen) atoms. The number of carbonyl (C=O) groups excluding carboxylic acids is 2. The van der Waals surface area contributed by atoms with Crippen LogP contribution in [0.3, 0.4) is 0 Å². The smallest absolute Gasteiger partial charge is 0.256 e. The van der Waals surface area contributed by atoms with Crippen LogP contribution in [-0.4, -0.2) is 23.3 Å². The van der Waals surface area contributed by atoms with E-state index in [1.54, 1.807) is 48.7 Å². The number of amides is 2. The maximum Gasteiger partial charge on any atom is 0.256 e. The lowest BCUT2D eigenvalue weighted by Gasteiger charge is -2.10. The lowest BCUT2D eigenvalue weighted by atomic mass is 10.1. The number of benzene rings is 3. The van der Waals surface area contributed by atoms with Crippen molar-refractivity contribution in [3.63, 3.8) is 0 Å². The molecule has 0 saturated carbocycles. The molecule has 0 unspecified atom stereocenters. The zero-order chi connectivity index (χ0) is 22.5. The highest BCUT2D eigenvalue weighted by atomic mass is 16.4. The number of nitrogens with zero attached hydrogens (tertiary/aromatic N) is 1. The highest BCUT2D eigenvalue weighted by molar-refractivity contribution is 6.08. The number of oxazole rings is 1. The minimum atomic E-state index is -0.316. The van der Waals surface area contributed by atoms with E-state index in [1.807, 2.05) is 44.2 Å². The predicted octanol–water partition coefficient (Wildman–Crippen LogP) is 5.32. The number of anilines is 1. The van der Waals surface area contributed by atoms with E-state index >= 15 is 0 Å². The Morgan fingerprint density at radius 2 is 1.72 bits per heavy atom. The van der Waals surface area contributed by atoms with Gasteiger partial charge in [0.25, 0.3) is 11.8 Å². The molecule has 4 aromatic rings. The van der Waals surface area contributed by atoms with Gasteiger partial charge in [-0.1, -0.05) is 48.0 Å². The molecule has 3 aromatic carbocycles. The molecular weight excluding hydrogens is 402 g/mol. The van der Waals surface area contributed by atoms with E-state index in [1.165, 1.54) is 0 Å². The second-order valence-electron chi connectivity index (χ2n) is 7.34. The Morgan fingerprint density at radius 3 is 2.50 bits per heavy atom. The zero-order valence-electron chi connectivity index (χ0n) is 17.9. The Hall–Kier alpha value is -4.19. The van der Waals surface area contributed by atoms with Crippen LogP contribution >= 0.6 is 0 Å². The fourth-order valence-electron chi connectivity index (χ4n) is 3.32. The summed E-state index contributed by atoms with van der Waals surface area (Å²) < 4.78 is 5.97. The lowest BCUT2D eigenvalue weighted by molar-refractivity contribution is 0.0954. The SMILES string of the molecule is CCNC(=O)c1cccc(NC(=O)c2ccccc2-c2ncc(-c3ccc(C)cc3)o2)c1. The lowest BCUT2D eigenvalue weighted by Crippen LogP contribution is -2.22. The van der Waals surface area contributed by atoms with Gasteiger partial charge in [0.15, 0.2) is 5.76 Å². The molecule has 160 valence electrons. The van der Waals surface area contributed by atoms with Crippen LogP contribution in [0.2, 0.25) is 0 Å². The minimum absolute atomic E-state index is 0.188. The third-order valence-electron chi connectivity index (χ3n) is 4.96. The van der Waals surface area contributed by atoms with Crippen LogP contribution in [0.25, 0.3) is 22.8 Å². The van der Waals surface area contributed by atoms with Gasteiger partial charge in [-0.3, -0.25) is 9.59 Å². The molecule has 4 rings (SSSR count). The van der Waals surface area contributed by atoms with Crippen LogP contribution in [0.4, 0.5) is 5.69 Å². The van der Waals surface area contributed by atoms with E-state index in [4.69, 9.17) is 4.42 Å². The molecule has 0 bridgehead atoms. The largest absolute Gasteiger partial charge is 0.436 e. The summed E-state index contributed by atoms with van der Waals surface area (Å²) in [5.41, 5.74) is 4.09. The van der Waals surface area contributed by atoms with E-state index in [-0.39, 0.29) is 11.8 Å². The highest BCUT2D eigenvalue weighted by Gasteiger charge is 2.17. The van der Waals surface area contributed by atoms with Crippen molar-refractivity contribution in [2.45, 2.75) is 13.8 Å². The van der Waals surface area contributed by atoms with E-state index < -0.39 is 0 Å². The van der Waals surface area contributed by atoms with Crippen LogP contribution in [0.15, 0.2) is 83.4 Å². The first-order valence-corrected chi connectivity index (χ1v) is 10.4. The van der Waals surface area contributed by atoms with Crippen molar-refractivity contribution in [3.05, 3.63) is 95.7 Å². The summed E-state index contributed by atoms with van der Waals surface area (Å²) in [6.45, 7) is 4.41. The predicted molar refractivity (Wildman–Crippen MR) is 125 cm³/mol. The Kier molecular flexibility index (Phi) is 6.12. The summed E-state index contributed by atoms with van der Waals surface area (Å²) in [5.74, 6) is 0.489. The molecule has 1 aromatic heterocycles. The standard InChI is InChI=1S/C26H23N3O3/c1-3-27-24(30)19-7-6-8-20(15-19)29-25(31)21-9-4-5-10-22(21)26-28-16-23(32-26)18-13-11-17(2)12-14-18/h4-16H,3H2,1-2H3,(H,27,30)(H,29,31). The number of hydrogen-bond donors (Lipinski definition) is 2. The number of hydrogen-bond acceptors (Lipinski definition) is 4. The van der Waals surface area contributed by atoms with Crippen molar-refractivity contribution in [2.75, 3.05) is 11.9 Å². The Morgan fingerprint density at radius 1 is 0.938 bits per heavy atom. The summed E-state index contributed by atoms with van der Waals surface area (Å²) in [6.07, 6.45) is 1.66. The second kappa shape index (κ2) is 9.31. The Labute approximate surface area is 186 Å². The third-order valence-corrected chi connectivity index (χ3v) is 4.96. The van der Waals surface area contributed by atoms with Gasteiger partial charge < -0.3 is 15.1 Å². The molecule has 6 heteroatoms. The topological polar surface area (TPSA) is 84.2 Å². The van der Waals surface area contributed by atoms with Crippen LogP contribution in [0, 0.1) is 6.92 Å². The summed E-state index contributed by atoms with van der Waals surface area (Å²) in [5, 5.41) is 5.61. The first-order valence-electron chi connectivity index (χ1n) is 10.4. The maximum atomic E-state index is 13.0. The van der Waals surface area contributed by atoms with Crippen molar-refractivity contribution in [2.24, 2.45) is 0 Å². The van der Waals surface area contributed by atoms with Gasteiger partial charge >= 0.3 is 0 Å². The molecule has 0 aliphatic rings. The summed E-state index contributed by atoms with van der Waals surface area (Å²) in [7, 11) is 0. The molecule has 2 N–H and O–H groups in total. The van der Waals surface area contributed by atoms with Gasteiger partial charge in [-0.25, -0.2) is 4.98 Å². The monoisotopic (exact) mass is 425 g/mol. The van der Waals surface area contributed by atoms with Crippen molar-refractivity contribution in [1.29, 1.82) is 0 Å². The van der Waals surface area contributed by atoms with Gasteiger partial charge in [0.1, 0.15) is 0 Å². The molecular formula is C26H23N3O3. The number of aryl methyl sites for hydroxylation is 1. The number of aromatic nitrogens is 1. The van der Waals surface area contributed by atoms with Gasteiger partial charge in [-0.05, 0) is 44.2 Å². The van der Waals surface area contributed by atoms with Crippen LogP contribution in [-0.2, 0) is 0 Å². The van der Waals surface area contributed by atoms with Crippen LogP contribution in [0.5, 0.6) is 0 Å². The van der Waals surface area contributed by atoms with Crippen molar-refractivity contribution in [1.82, 2.24) is 10.3 Å². The van der Waals surface area contributed by atoms with Gasteiger partial charge in [0, 0.05) is 28.9 Å². The fourth-order valence-corrected chi connectivity index (χ4v) is 3.32. The fraction of sp³-hybridized carbons (Fsp3) is 0.115. The Balaban J connectivity index is 1.59. The van der Waals surface area contributed by atoms with E-state index in [0.717, 1.165) is 11.1 Å². The minimum Gasteiger partial charge on any atom is -0.436 e. The molecule has 0 atom stereocenters. The van der Waals surface area contributed by atoms with Gasteiger partial charge in [-0.2, -0.15) is 0 Å². The molecule has 0 fully saturated rings. The summed E-state index contributed by atoms with van der Waals surface area (Å²) in [6, 6.07) is 21.9. The molecule has 1 heterocycles. The molecule has 0 spiro atoms. The first kappa shape index (κ1) is 21.1. The average Bonchev–Trinajstić information content (AvgIpc) is 3.30. The number of nitrogens with one attached hydrogen (secondary N) is 2. The molecule has 0 saturated heterocycles. The van der Waals surface area contributed by atoms with Gasteiger partial charge in [-0.15, -0.1) is 0 Å². The maximum absolute atomic E-state index is 13.0. The van der Waals surface area contributed by atoms with E-state index in [0.29, 0.717) is 40.6 Å². The van der Waals surface area contributed by atoms with Gasteiger partial charge in [0.2, 0.25) is 5.89 Å². The molecule has 0 radical (unpaired) electrons. The van der Waals surface area contributed by atoms with Crippen LogP contribution < -0.4 is 10.6 Å².